The first-order valence-electron chi connectivity index (χ1n) is 8.66. The summed E-state index contributed by atoms with van der Waals surface area (Å²) < 4.78 is 12.3. The number of carbonyl (C=O) groups is 1. The zero-order valence-electron chi connectivity index (χ0n) is 15.5. The Balaban J connectivity index is 2.18. The number of nitrogens with two attached hydrogens (primary N) is 1. The van der Waals surface area contributed by atoms with Crippen LogP contribution in [0.1, 0.15) is 31.1 Å². The van der Waals surface area contributed by atoms with Crippen molar-refractivity contribution in [2.75, 3.05) is 19.5 Å². The van der Waals surface area contributed by atoms with Crippen molar-refractivity contribution in [3.8, 4) is 0 Å². The second-order valence-corrected chi connectivity index (χ2v) is 6.82. The van der Waals surface area contributed by atoms with Crippen molar-refractivity contribution >= 4 is 34.0 Å². The molecule has 0 bridgehead atoms. The van der Waals surface area contributed by atoms with Gasteiger partial charge < -0.3 is 19.8 Å². The number of carbonyl (C=O) groups excluding carboxylic acids is 1. The van der Waals surface area contributed by atoms with Crippen molar-refractivity contribution in [3.63, 3.8) is 0 Å². The van der Waals surface area contributed by atoms with Crippen molar-refractivity contribution in [3.05, 3.63) is 29.8 Å². The molecule has 0 aliphatic carbocycles. The highest BCUT2D eigenvalue weighted by molar-refractivity contribution is 6.08. The number of aromatic nitrogens is 3. The number of benzene rings is 1. The fourth-order valence-corrected chi connectivity index (χ4v) is 2.98. The van der Waals surface area contributed by atoms with Crippen LogP contribution in [0.15, 0.2) is 24.3 Å². The van der Waals surface area contributed by atoms with Crippen molar-refractivity contribution in [1.82, 2.24) is 14.5 Å². The highest BCUT2D eigenvalue weighted by atomic mass is 16.6. The van der Waals surface area contributed by atoms with Gasteiger partial charge in [0, 0.05) is 13.7 Å². The second kappa shape index (κ2) is 7.29. The Kier molecular flexibility index (Phi) is 5.08. The lowest BCUT2D eigenvalue weighted by atomic mass is 10.2. The number of nitrogen functional groups attached to an aromatic ring is 1. The number of anilines is 1. The van der Waals surface area contributed by atoms with Crippen LogP contribution in [0.5, 0.6) is 0 Å². The maximum Gasteiger partial charge on any atom is 0.344 e. The molecule has 0 unspecified atom stereocenters. The fraction of sp³-hybridized carbons (Fsp3) is 0.421. The molecule has 0 aliphatic heterocycles. The Morgan fingerprint density at radius 2 is 1.85 bits per heavy atom. The van der Waals surface area contributed by atoms with Crippen LogP contribution in [-0.4, -0.2) is 40.3 Å². The van der Waals surface area contributed by atoms with Gasteiger partial charge in [-0.2, -0.15) is 0 Å². The fourth-order valence-electron chi connectivity index (χ4n) is 2.98. The molecule has 0 spiro atoms. The van der Waals surface area contributed by atoms with Crippen molar-refractivity contribution in [2.24, 2.45) is 5.92 Å². The van der Waals surface area contributed by atoms with Gasteiger partial charge in [0.25, 0.3) is 0 Å². The monoisotopic (exact) mass is 356 g/mol. The van der Waals surface area contributed by atoms with E-state index in [4.69, 9.17) is 20.2 Å². The Morgan fingerprint density at radius 1 is 1.19 bits per heavy atom. The van der Waals surface area contributed by atoms with Crippen LogP contribution in [0.25, 0.3) is 22.2 Å². The molecule has 0 amide bonds. The largest absolute Gasteiger partial charge is 0.456 e. The van der Waals surface area contributed by atoms with Crippen molar-refractivity contribution < 1.29 is 14.3 Å². The Labute approximate surface area is 152 Å². The Hall–Kier alpha value is -2.67. The molecule has 26 heavy (non-hydrogen) atoms. The number of esters is 1. The van der Waals surface area contributed by atoms with Crippen LogP contribution in [-0.2, 0) is 16.0 Å². The van der Waals surface area contributed by atoms with E-state index in [0.29, 0.717) is 41.6 Å². The predicted octanol–water partition coefficient (Wildman–Crippen LogP) is 3.01. The summed E-state index contributed by atoms with van der Waals surface area (Å²) in [6.07, 6.45) is -0.385. The van der Waals surface area contributed by atoms with Gasteiger partial charge in [-0.15, -0.1) is 0 Å². The first-order valence-corrected chi connectivity index (χ1v) is 8.66. The third kappa shape index (κ3) is 3.35. The van der Waals surface area contributed by atoms with E-state index in [1.807, 2.05) is 28.8 Å². The molecule has 1 aromatic carbocycles. The lowest BCUT2D eigenvalue weighted by molar-refractivity contribution is 0.0123. The minimum Gasteiger partial charge on any atom is -0.456 e. The number of hydrogen-bond donors (Lipinski definition) is 1. The van der Waals surface area contributed by atoms with E-state index in [-0.39, 0.29) is 11.7 Å². The van der Waals surface area contributed by atoms with E-state index in [2.05, 4.69) is 18.8 Å². The topological polar surface area (TPSA) is 92.3 Å². The van der Waals surface area contributed by atoms with E-state index < -0.39 is 5.97 Å². The smallest absolute Gasteiger partial charge is 0.344 e. The maximum atomic E-state index is 12.8. The Bertz CT molecular complexity index is 949. The molecular weight excluding hydrogens is 332 g/mol. The number of methoxy groups -OCH3 is 1. The summed E-state index contributed by atoms with van der Waals surface area (Å²) in [7, 11) is 1.56. The highest BCUT2D eigenvalue weighted by Crippen LogP contribution is 2.29. The van der Waals surface area contributed by atoms with E-state index in [0.717, 1.165) is 5.52 Å². The van der Waals surface area contributed by atoms with E-state index in [1.165, 1.54) is 0 Å². The van der Waals surface area contributed by atoms with Gasteiger partial charge >= 0.3 is 5.97 Å². The summed E-state index contributed by atoms with van der Waals surface area (Å²) in [4.78, 5) is 22.1. The first-order chi connectivity index (χ1) is 12.4. The summed E-state index contributed by atoms with van der Waals surface area (Å²) in [5.74, 6) is 0.153. The molecule has 7 heteroatoms. The van der Waals surface area contributed by atoms with Gasteiger partial charge in [0.2, 0.25) is 0 Å². The van der Waals surface area contributed by atoms with Gasteiger partial charge in [-0.3, -0.25) is 0 Å². The lowest BCUT2D eigenvalue weighted by Gasteiger charge is -2.12. The van der Waals surface area contributed by atoms with Gasteiger partial charge in [-0.05, 0) is 25.0 Å². The summed E-state index contributed by atoms with van der Waals surface area (Å²) in [5, 5.41) is 0. The zero-order valence-corrected chi connectivity index (χ0v) is 15.5. The summed E-state index contributed by atoms with van der Waals surface area (Å²) in [6, 6.07) is 7.54. The van der Waals surface area contributed by atoms with Crippen LogP contribution in [0, 0.1) is 5.92 Å². The van der Waals surface area contributed by atoms with Crippen LogP contribution < -0.4 is 5.73 Å². The Morgan fingerprint density at radius 3 is 2.46 bits per heavy atom. The molecule has 2 aromatic heterocycles. The van der Waals surface area contributed by atoms with Gasteiger partial charge in [-0.1, -0.05) is 26.0 Å². The average Bonchev–Trinajstić information content (AvgIpc) is 2.84. The molecule has 1 atom stereocenters. The molecule has 7 nitrogen and oxygen atoms in total. The third-order valence-electron chi connectivity index (χ3n) is 4.05. The number of hydrogen-bond acceptors (Lipinski definition) is 6. The number of nitrogens with zero attached hydrogens (tertiary/aromatic N) is 3. The summed E-state index contributed by atoms with van der Waals surface area (Å²) in [6.45, 7) is 6.88. The number of para-hydroxylation sites is 2. The molecule has 0 saturated carbocycles. The van der Waals surface area contributed by atoms with E-state index >= 15 is 0 Å². The second-order valence-electron chi connectivity index (χ2n) is 6.82. The molecular formula is C19H24N4O3. The molecule has 2 heterocycles. The molecule has 0 radical (unpaired) electrons. The molecule has 0 saturated heterocycles. The maximum absolute atomic E-state index is 12.8. The third-order valence-corrected chi connectivity index (χ3v) is 4.05. The van der Waals surface area contributed by atoms with Gasteiger partial charge in [0.05, 0.1) is 17.6 Å². The van der Waals surface area contributed by atoms with Gasteiger partial charge in [0.15, 0.2) is 5.65 Å². The zero-order chi connectivity index (χ0) is 18.8. The standard InChI is InChI=1S/C19H24N4O3/c1-11(2)9-23-17(20)15(19(24)26-12(3)10-25-4)16-18(23)22-14-8-6-5-7-13(14)21-16/h5-8,11-12H,9-10,20H2,1-4H3/t12-/m1/s1. The van der Waals surface area contributed by atoms with Crippen molar-refractivity contribution in [1.29, 1.82) is 0 Å². The van der Waals surface area contributed by atoms with Gasteiger partial charge in [0.1, 0.15) is 23.0 Å². The summed E-state index contributed by atoms with van der Waals surface area (Å²) >= 11 is 0. The molecule has 2 N–H and O–H groups in total. The molecule has 138 valence electrons. The number of ether oxygens (including phenoxy) is 2. The lowest BCUT2D eigenvalue weighted by Crippen LogP contribution is -2.20. The van der Waals surface area contributed by atoms with E-state index in [9.17, 15) is 4.79 Å². The van der Waals surface area contributed by atoms with Crippen LogP contribution in [0.3, 0.4) is 0 Å². The quantitative estimate of drug-likeness (QED) is 0.683. The van der Waals surface area contributed by atoms with E-state index in [1.54, 1.807) is 14.0 Å². The average molecular weight is 356 g/mol. The molecule has 3 aromatic rings. The van der Waals surface area contributed by atoms with Crippen LogP contribution in [0.4, 0.5) is 5.82 Å². The number of fused-ring (bicyclic) bond motifs is 2. The van der Waals surface area contributed by atoms with Gasteiger partial charge in [-0.25, -0.2) is 14.8 Å². The summed E-state index contributed by atoms with van der Waals surface area (Å²) in [5.41, 5.74) is 9.13. The molecule has 0 aliphatic rings. The normalized spacial score (nSPS) is 12.8. The SMILES string of the molecule is COC[C@@H](C)OC(=O)c1c(N)n(CC(C)C)c2nc3ccccc3nc12. The first kappa shape index (κ1) is 18.1. The van der Waals surface area contributed by atoms with Crippen LogP contribution >= 0.6 is 0 Å². The number of rotatable bonds is 6. The minimum atomic E-state index is -0.510. The molecule has 3 rings (SSSR count). The predicted molar refractivity (Wildman–Crippen MR) is 101 cm³/mol. The molecule has 0 fully saturated rings. The minimum absolute atomic E-state index is 0.266. The highest BCUT2D eigenvalue weighted by Gasteiger charge is 2.26. The van der Waals surface area contributed by atoms with Crippen molar-refractivity contribution in [2.45, 2.75) is 33.4 Å². The van der Waals surface area contributed by atoms with Crippen LogP contribution in [0.2, 0.25) is 0 Å².